The number of hydrogen-bond donors (Lipinski definition) is 2. The van der Waals surface area contributed by atoms with Gasteiger partial charge in [0.2, 0.25) is 0 Å². The number of nitrogens with zero attached hydrogens (tertiary/aromatic N) is 6. The number of fused-ring (bicyclic) bond motifs is 1. The van der Waals surface area contributed by atoms with E-state index in [2.05, 4.69) is 76.7 Å². The van der Waals surface area contributed by atoms with Gasteiger partial charge in [0.15, 0.2) is 11.4 Å². The van der Waals surface area contributed by atoms with Crippen molar-refractivity contribution < 1.29 is 14.3 Å². The Hall–Kier alpha value is -5.10. The topological polar surface area (TPSA) is 129 Å². The zero-order valence-electron chi connectivity index (χ0n) is 28.1. The maximum Gasteiger partial charge on any atom is 0.258 e. The van der Waals surface area contributed by atoms with Crippen molar-refractivity contribution in [2.75, 3.05) is 45.2 Å². The first kappa shape index (κ1) is 32.1. The van der Waals surface area contributed by atoms with Crippen LogP contribution in [-0.4, -0.2) is 98.6 Å². The number of carbonyl (C=O) groups is 2. The van der Waals surface area contributed by atoms with Crippen molar-refractivity contribution in [1.29, 1.82) is 0 Å². The number of pyridine rings is 1. The molecule has 2 aromatic carbocycles. The number of hydrogen-bond acceptors (Lipinski definition) is 9. The predicted octanol–water partition coefficient (Wildman–Crippen LogP) is 5.35. The minimum absolute atomic E-state index is 0.216. The Morgan fingerprint density at radius 1 is 1.02 bits per heavy atom. The normalized spacial score (nSPS) is 20.5. The third-order valence-electron chi connectivity index (χ3n) is 10.4. The average Bonchev–Trinajstić information content (AvgIpc) is 3.80. The van der Waals surface area contributed by atoms with Crippen LogP contribution < -0.4 is 5.32 Å². The van der Waals surface area contributed by atoms with Crippen LogP contribution in [0.15, 0.2) is 85.3 Å². The largest absolute Gasteiger partial charge is 0.367 e. The molecule has 5 aromatic rings. The predicted molar refractivity (Wildman–Crippen MR) is 192 cm³/mol. The molecule has 1 saturated heterocycles. The Morgan fingerprint density at radius 2 is 1.84 bits per heavy atom. The lowest BCUT2D eigenvalue weighted by Crippen LogP contribution is -2.50. The van der Waals surface area contributed by atoms with Gasteiger partial charge < -0.3 is 14.8 Å². The zero-order chi connectivity index (χ0) is 34.1. The first-order chi connectivity index (χ1) is 24.5. The van der Waals surface area contributed by atoms with Crippen LogP contribution in [0.25, 0.3) is 39.1 Å². The number of ether oxygens (including phenoxy) is 1. The highest BCUT2D eigenvalue weighted by Gasteiger charge is 2.47. The van der Waals surface area contributed by atoms with E-state index in [-0.39, 0.29) is 11.9 Å². The van der Waals surface area contributed by atoms with Crippen molar-refractivity contribution in [1.82, 2.24) is 34.9 Å². The van der Waals surface area contributed by atoms with Crippen LogP contribution in [0.2, 0.25) is 0 Å². The standard InChI is InChI=1S/C39H40N8O3/c1-50-39(38(49)43-31-9-10-34-33(22-31)36(45-44-34)30-11-17-40-35(21-30)28-5-6-28)14-20-47(25-39)32(24-48)23-46-18-12-27(13-19-46)26-3-7-29(8-4-26)37-41-15-2-16-42-37/h2-4,7-12,15-17,21-22,24,28,32H,5-6,13-14,18-20,23,25H2,1H3,(H,43,49)(H,44,45)/t32?,39-/m0/s1. The van der Waals surface area contributed by atoms with E-state index in [9.17, 15) is 9.59 Å². The smallest absolute Gasteiger partial charge is 0.258 e. The first-order valence-electron chi connectivity index (χ1n) is 17.3. The molecule has 1 amide bonds. The summed E-state index contributed by atoms with van der Waals surface area (Å²) >= 11 is 0. The van der Waals surface area contributed by atoms with Gasteiger partial charge in [-0.15, -0.1) is 0 Å². The van der Waals surface area contributed by atoms with E-state index >= 15 is 0 Å². The molecule has 0 bridgehead atoms. The number of likely N-dealkylation sites (tertiary alicyclic amines) is 1. The molecule has 2 atom stereocenters. The Labute approximate surface area is 290 Å². The number of rotatable bonds is 11. The number of aldehydes is 1. The molecule has 0 spiro atoms. The van der Waals surface area contributed by atoms with Crippen LogP contribution >= 0.6 is 0 Å². The minimum Gasteiger partial charge on any atom is -0.367 e. The van der Waals surface area contributed by atoms with Gasteiger partial charge >= 0.3 is 0 Å². The number of aromatic amines is 1. The van der Waals surface area contributed by atoms with Gasteiger partial charge in [0.1, 0.15) is 12.0 Å². The molecule has 1 aliphatic carbocycles. The second-order valence-corrected chi connectivity index (χ2v) is 13.5. The number of amides is 1. The maximum absolute atomic E-state index is 13.8. The highest BCUT2D eigenvalue weighted by molar-refractivity contribution is 6.01. The Balaban J connectivity index is 0.903. The van der Waals surface area contributed by atoms with Gasteiger partial charge in [0, 0.05) is 92.2 Å². The van der Waals surface area contributed by atoms with E-state index in [1.54, 1.807) is 19.5 Å². The van der Waals surface area contributed by atoms with Crippen LogP contribution in [0.4, 0.5) is 5.69 Å². The van der Waals surface area contributed by atoms with Crippen molar-refractivity contribution in [3.8, 4) is 22.6 Å². The molecule has 254 valence electrons. The van der Waals surface area contributed by atoms with E-state index < -0.39 is 5.60 Å². The number of nitrogens with one attached hydrogen (secondary N) is 2. The number of H-pyrrole nitrogens is 1. The van der Waals surface area contributed by atoms with Gasteiger partial charge in [-0.2, -0.15) is 5.10 Å². The molecule has 5 heterocycles. The third-order valence-corrected chi connectivity index (χ3v) is 10.4. The van der Waals surface area contributed by atoms with Crippen LogP contribution in [0.3, 0.4) is 0 Å². The highest BCUT2D eigenvalue weighted by atomic mass is 16.5. The van der Waals surface area contributed by atoms with Crippen molar-refractivity contribution >= 4 is 34.4 Å². The van der Waals surface area contributed by atoms with Crippen LogP contribution in [0.5, 0.6) is 0 Å². The van der Waals surface area contributed by atoms with Gasteiger partial charge in [0.05, 0.1) is 11.6 Å². The molecule has 3 aliphatic rings. The lowest BCUT2D eigenvalue weighted by atomic mass is 9.98. The molecule has 2 N–H and O–H groups in total. The summed E-state index contributed by atoms with van der Waals surface area (Å²) in [5, 5.41) is 11.7. The summed E-state index contributed by atoms with van der Waals surface area (Å²) in [6, 6.07) is 19.7. The number of aromatic nitrogens is 5. The summed E-state index contributed by atoms with van der Waals surface area (Å²) in [6.07, 6.45) is 12.3. The van der Waals surface area contributed by atoms with E-state index in [0.29, 0.717) is 43.5 Å². The highest BCUT2D eigenvalue weighted by Crippen LogP contribution is 2.40. The van der Waals surface area contributed by atoms with E-state index in [0.717, 1.165) is 59.2 Å². The SMILES string of the molecule is CO[C@@]1(C(=O)Nc2ccc3[nH]nc(-c4ccnc(C5CC5)c4)c3c2)CCN(C(C=O)CN2CC=C(c3ccc(-c4ncccn4)cc3)CC2)C1. The summed E-state index contributed by atoms with van der Waals surface area (Å²) in [5.41, 5.74) is 6.91. The molecule has 11 heteroatoms. The van der Waals surface area contributed by atoms with Crippen molar-refractivity contribution in [2.45, 2.75) is 43.2 Å². The first-order valence-corrected chi connectivity index (χ1v) is 17.3. The summed E-state index contributed by atoms with van der Waals surface area (Å²) < 4.78 is 5.93. The molecule has 50 heavy (non-hydrogen) atoms. The van der Waals surface area contributed by atoms with Crippen molar-refractivity contribution in [3.63, 3.8) is 0 Å². The Kier molecular flexibility index (Phi) is 8.78. The summed E-state index contributed by atoms with van der Waals surface area (Å²) in [5.74, 6) is 1.04. The van der Waals surface area contributed by atoms with Gasteiger partial charge in [0.25, 0.3) is 5.91 Å². The van der Waals surface area contributed by atoms with Gasteiger partial charge in [-0.3, -0.25) is 24.7 Å². The van der Waals surface area contributed by atoms with Crippen LogP contribution in [0.1, 0.15) is 42.9 Å². The minimum atomic E-state index is -1.06. The average molecular weight is 669 g/mol. The summed E-state index contributed by atoms with van der Waals surface area (Å²) in [6.45, 7) is 3.13. The Bertz CT molecular complexity index is 2040. The quantitative estimate of drug-likeness (QED) is 0.179. The van der Waals surface area contributed by atoms with E-state index in [1.165, 1.54) is 24.0 Å². The van der Waals surface area contributed by atoms with Crippen LogP contribution in [-0.2, 0) is 14.3 Å². The summed E-state index contributed by atoms with van der Waals surface area (Å²) in [7, 11) is 1.58. The second-order valence-electron chi connectivity index (χ2n) is 13.5. The fourth-order valence-corrected chi connectivity index (χ4v) is 7.22. The molecule has 11 nitrogen and oxygen atoms in total. The fraction of sp³-hybridized carbons (Fsp3) is 0.333. The number of benzene rings is 2. The van der Waals surface area contributed by atoms with E-state index in [1.807, 2.05) is 36.5 Å². The van der Waals surface area contributed by atoms with Gasteiger partial charge in [-0.25, -0.2) is 9.97 Å². The van der Waals surface area contributed by atoms with Gasteiger partial charge in [-0.05, 0) is 73.2 Å². The molecule has 1 unspecified atom stereocenters. The monoisotopic (exact) mass is 668 g/mol. The molecule has 2 fully saturated rings. The zero-order valence-corrected chi connectivity index (χ0v) is 28.1. The van der Waals surface area contributed by atoms with Crippen LogP contribution in [0, 0.1) is 0 Å². The Morgan fingerprint density at radius 3 is 2.58 bits per heavy atom. The number of anilines is 1. The lowest BCUT2D eigenvalue weighted by molar-refractivity contribution is -0.136. The summed E-state index contributed by atoms with van der Waals surface area (Å²) in [4.78, 5) is 43.9. The lowest BCUT2D eigenvalue weighted by Gasteiger charge is -2.33. The molecule has 8 rings (SSSR count). The fourth-order valence-electron chi connectivity index (χ4n) is 7.22. The second kappa shape index (κ2) is 13.7. The van der Waals surface area contributed by atoms with Crippen molar-refractivity contribution in [3.05, 3.63) is 96.6 Å². The third kappa shape index (κ3) is 6.47. The molecule has 2 aliphatic heterocycles. The molecular weight excluding hydrogens is 628 g/mol. The molecular formula is C39H40N8O3. The number of methoxy groups -OCH3 is 1. The van der Waals surface area contributed by atoms with Gasteiger partial charge in [-0.1, -0.05) is 30.3 Å². The van der Waals surface area contributed by atoms with E-state index in [4.69, 9.17) is 4.74 Å². The molecule has 0 radical (unpaired) electrons. The molecule has 1 saturated carbocycles. The molecule has 3 aromatic heterocycles. The maximum atomic E-state index is 13.8. The van der Waals surface area contributed by atoms with Crippen molar-refractivity contribution in [2.24, 2.45) is 0 Å². The number of carbonyl (C=O) groups excluding carboxylic acids is 2.